The summed E-state index contributed by atoms with van der Waals surface area (Å²) in [5, 5.41) is 30.9. The number of amidine groups is 1. The molecule has 0 aromatic heterocycles. The molecule has 0 radical (unpaired) electrons. The zero-order valence-electron chi connectivity index (χ0n) is 15.8. The van der Waals surface area contributed by atoms with Crippen LogP contribution in [0.3, 0.4) is 0 Å². The SMILES string of the molecule is NC(CCCCN1C[C@@H](O)C[C@H]2NC(=NCCCC(N)C(=O)O)N=C21)C(=O)O. The molecule has 2 aliphatic rings. The number of rotatable bonds is 11. The van der Waals surface area contributed by atoms with Gasteiger partial charge in [0.15, 0.2) is 0 Å². The van der Waals surface area contributed by atoms with Gasteiger partial charge in [-0.05, 0) is 32.1 Å². The average molecular weight is 398 g/mol. The number of carboxylic acids is 2. The number of guanidine groups is 1. The molecule has 0 amide bonds. The monoisotopic (exact) mass is 398 g/mol. The van der Waals surface area contributed by atoms with Crippen LogP contribution in [0.25, 0.3) is 0 Å². The van der Waals surface area contributed by atoms with Gasteiger partial charge in [-0.25, -0.2) is 0 Å². The second-order valence-corrected chi connectivity index (χ2v) is 7.24. The molecule has 2 rings (SSSR count). The lowest BCUT2D eigenvalue weighted by Gasteiger charge is -2.35. The predicted octanol–water partition coefficient (Wildman–Crippen LogP) is -1.45. The zero-order valence-corrected chi connectivity index (χ0v) is 15.8. The van der Waals surface area contributed by atoms with E-state index in [1.807, 2.05) is 4.90 Å². The summed E-state index contributed by atoms with van der Waals surface area (Å²) in [7, 11) is 0. The van der Waals surface area contributed by atoms with Gasteiger partial charge in [0.05, 0.1) is 12.1 Å². The number of aliphatic carboxylic acids is 2. The molecular formula is C17H30N6O5. The lowest BCUT2D eigenvalue weighted by molar-refractivity contribution is -0.139. The molecule has 8 N–H and O–H groups in total. The topological polar surface area (TPSA) is 187 Å². The molecule has 1 saturated heterocycles. The molecule has 4 atom stereocenters. The number of fused-ring (bicyclic) bond motifs is 1. The van der Waals surface area contributed by atoms with Crippen LogP contribution in [0.4, 0.5) is 0 Å². The molecule has 11 nitrogen and oxygen atoms in total. The standard InChI is InChI=1S/C17H30N6O5/c18-11(15(25)26)4-1-2-7-23-9-10(24)8-13-14(23)22-17(21-13)20-6-3-5-12(19)16(27)28/h10-13,24H,1-9,18-19H2,(H,20,21)(H,25,26)(H,27,28)/t10-,11?,12?,13+/m0/s1. The van der Waals surface area contributed by atoms with Crippen molar-refractivity contribution in [2.45, 2.75) is 62.8 Å². The van der Waals surface area contributed by atoms with E-state index in [0.717, 1.165) is 12.3 Å². The van der Waals surface area contributed by atoms with Gasteiger partial charge in [-0.15, -0.1) is 0 Å². The number of likely N-dealkylation sites (tertiary alicyclic amines) is 1. The summed E-state index contributed by atoms with van der Waals surface area (Å²) >= 11 is 0. The Morgan fingerprint density at radius 2 is 1.82 bits per heavy atom. The van der Waals surface area contributed by atoms with E-state index in [4.69, 9.17) is 21.7 Å². The number of carbonyl (C=O) groups is 2. The molecule has 0 aliphatic carbocycles. The Hall–Kier alpha value is -2.24. The molecule has 11 heteroatoms. The molecule has 2 aliphatic heterocycles. The molecule has 2 unspecified atom stereocenters. The van der Waals surface area contributed by atoms with Crippen LogP contribution in [-0.2, 0) is 9.59 Å². The Labute approximate surface area is 163 Å². The van der Waals surface area contributed by atoms with Crippen molar-refractivity contribution in [1.82, 2.24) is 10.2 Å². The molecule has 0 saturated carbocycles. The number of nitrogens with zero attached hydrogens (tertiary/aromatic N) is 3. The summed E-state index contributed by atoms with van der Waals surface area (Å²) in [5.41, 5.74) is 11.0. The summed E-state index contributed by atoms with van der Waals surface area (Å²) in [6.45, 7) is 1.55. The van der Waals surface area contributed by atoms with Crippen LogP contribution in [0, 0.1) is 0 Å². The first-order valence-electron chi connectivity index (χ1n) is 9.57. The third-order valence-electron chi connectivity index (χ3n) is 4.86. The van der Waals surface area contributed by atoms with Gasteiger partial charge in [0.1, 0.15) is 17.9 Å². The second-order valence-electron chi connectivity index (χ2n) is 7.24. The van der Waals surface area contributed by atoms with E-state index in [0.29, 0.717) is 57.7 Å². The fraction of sp³-hybridized carbons (Fsp3) is 0.765. The molecule has 0 aromatic carbocycles. The Morgan fingerprint density at radius 3 is 2.46 bits per heavy atom. The van der Waals surface area contributed by atoms with Crippen molar-refractivity contribution >= 4 is 23.7 Å². The number of nitrogens with one attached hydrogen (secondary N) is 1. The lowest BCUT2D eigenvalue weighted by atomic mass is 10.0. The van der Waals surface area contributed by atoms with Crippen LogP contribution in [0.1, 0.15) is 38.5 Å². The summed E-state index contributed by atoms with van der Waals surface area (Å²) in [6.07, 6.45) is 2.79. The van der Waals surface area contributed by atoms with Gasteiger partial charge in [0.2, 0.25) is 5.96 Å². The second kappa shape index (κ2) is 10.3. The lowest BCUT2D eigenvalue weighted by Crippen LogP contribution is -2.52. The number of aliphatic hydroxyl groups is 1. The highest BCUT2D eigenvalue weighted by atomic mass is 16.4. The third kappa shape index (κ3) is 6.43. The Bertz CT molecular complexity index is 625. The number of nitrogens with two attached hydrogens (primary N) is 2. The first-order valence-corrected chi connectivity index (χ1v) is 9.57. The molecular weight excluding hydrogens is 368 g/mol. The fourth-order valence-corrected chi connectivity index (χ4v) is 3.29. The highest BCUT2D eigenvalue weighted by molar-refractivity contribution is 6.06. The molecule has 0 spiro atoms. The number of hydrogen-bond donors (Lipinski definition) is 6. The fourth-order valence-electron chi connectivity index (χ4n) is 3.29. The van der Waals surface area contributed by atoms with Gasteiger partial charge in [-0.3, -0.25) is 14.6 Å². The van der Waals surface area contributed by atoms with Crippen molar-refractivity contribution in [3.8, 4) is 0 Å². The number of aliphatic hydroxyl groups excluding tert-OH is 1. The molecule has 0 bridgehead atoms. The normalized spacial score (nSPS) is 25.0. The third-order valence-corrected chi connectivity index (χ3v) is 4.86. The van der Waals surface area contributed by atoms with Gasteiger partial charge in [0, 0.05) is 26.1 Å². The summed E-state index contributed by atoms with van der Waals surface area (Å²) in [4.78, 5) is 32.3. The van der Waals surface area contributed by atoms with E-state index in [1.54, 1.807) is 0 Å². The van der Waals surface area contributed by atoms with Crippen molar-refractivity contribution in [2.75, 3.05) is 19.6 Å². The van der Waals surface area contributed by atoms with Crippen LogP contribution in [0.5, 0.6) is 0 Å². The largest absolute Gasteiger partial charge is 0.480 e. The van der Waals surface area contributed by atoms with E-state index in [9.17, 15) is 14.7 Å². The van der Waals surface area contributed by atoms with Gasteiger partial charge >= 0.3 is 11.9 Å². The van der Waals surface area contributed by atoms with Crippen LogP contribution in [0.2, 0.25) is 0 Å². The number of hydrogen-bond acceptors (Lipinski definition) is 7. The quantitative estimate of drug-likeness (QED) is 0.226. The predicted molar refractivity (Wildman–Crippen MR) is 103 cm³/mol. The molecule has 28 heavy (non-hydrogen) atoms. The molecule has 2 heterocycles. The number of unbranched alkanes of at least 4 members (excludes halogenated alkanes) is 1. The summed E-state index contributed by atoms with van der Waals surface area (Å²) in [6, 6.07) is -1.84. The Kier molecular flexibility index (Phi) is 8.15. The summed E-state index contributed by atoms with van der Waals surface area (Å²) < 4.78 is 0. The van der Waals surface area contributed by atoms with Gasteiger partial charge < -0.3 is 37.0 Å². The molecule has 158 valence electrons. The van der Waals surface area contributed by atoms with E-state index in [1.165, 1.54) is 0 Å². The minimum atomic E-state index is -1.02. The van der Waals surface area contributed by atoms with Crippen molar-refractivity contribution < 1.29 is 24.9 Å². The van der Waals surface area contributed by atoms with E-state index < -0.39 is 30.1 Å². The number of aliphatic imine (C=N–C) groups is 2. The van der Waals surface area contributed by atoms with Crippen LogP contribution in [-0.4, -0.2) is 87.8 Å². The minimum absolute atomic E-state index is 0.106. The molecule has 0 aromatic rings. The Morgan fingerprint density at radius 1 is 1.18 bits per heavy atom. The highest BCUT2D eigenvalue weighted by Crippen LogP contribution is 2.19. The maximum Gasteiger partial charge on any atom is 0.320 e. The zero-order chi connectivity index (χ0) is 20.7. The van der Waals surface area contributed by atoms with E-state index in [-0.39, 0.29) is 6.04 Å². The first kappa shape index (κ1) is 22.1. The maximum atomic E-state index is 10.8. The van der Waals surface area contributed by atoms with Crippen LogP contribution in [0.15, 0.2) is 9.98 Å². The van der Waals surface area contributed by atoms with Gasteiger partial charge in [-0.2, -0.15) is 4.99 Å². The van der Waals surface area contributed by atoms with Crippen molar-refractivity contribution in [3.63, 3.8) is 0 Å². The smallest absolute Gasteiger partial charge is 0.320 e. The maximum absolute atomic E-state index is 10.8. The van der Waals surface area contributed by atoms with Crippen molar-refractivity contribution in [3.05, 3.63) is 0 Å². The van der Waals surface area contributed by atoms with Gasteiger partial charge in [-0.1, -0.05) is 0 Å². The van der Waals surface area contributed by atoms with E-state index in [2.05, 4.69) is 15.3 Å². The van der Waals surface area contributed by atoms with Crippen molar-refractivity contribution in [1.29, 1.82) is 0 Å². The average Bonchev–Trinajstić information content (AvgIpc) is 3.04. The van der Waals surface area contributed by atoms with Gasteiger partial charge in [0.25, 0.3) is 0 Å². The Balaban J connectivity index is 1.84. The highest BCUT2D eigenvalue weighted by Gasteiger charge is 2.35. The van der Waals surface area contributed by atoms with E-state index >= 15 is 0 Å². The summed E-state index contributed by atoms with van der Waals surface area (Å²) in [5.74, 6) is -0.709. The number of piperidine rings is 1. The number of carboxylic acid groups (broad SMARTS) is 2. The van der Waals surface area contributed by atoms with Crippen LogP contribution >= 0.6 is 0 Å². The minimum Gasteiger partial charge on any atom is -0.480 e. The van der Waals surface area contributed by atoms with Crippen molar-refractivity contribution in [2.24, 2.45) is 21.5 Å². The molecule has 1 fully saturated rings. The first-order chi connectivity index (χ1) is 13.3. The van der Waals surface area contributed by atoms with Crippen LogP contribution < -0.4 is 16.8 Å². The number of β-amino-alcohol motifs (C(OH)–C–C–N with tert-alkyl or cyclic N) is 1.